The molecular formula is C8H7BN4O2. The number of nitrogens with zero attached hydrogens (tertiary/aromatic N) is 4. The van der Waals surface area contributed by atoms with Gasteiger partial charge in [-0.05, 0) is 6.92 Å². The van der Waals surface area contributed by atoms with Crippen LogP contribution in [0.5, 0.6) is 0 Å². The molecule has 0 saturated heterocycles. The van der Waals surface area contributed by atoms with Crippen LogP contribution in [-0.4, -0.2) is 31.8 Å². The Labute approximate surface area is 85.6 Å². The average Bonchev–Trinajstić information content (AvgIpc) is 2.51. The molecular weight excluding hydrogens is 195 g/mol. The molecule has 0 aliphatic carbocycles. The van der Waals surface area contributed by atoms with Crippen LogP contribution < -0.4 is 5.46 Å². The molecule has 6 nitrogen and oxygen atoms in total. The third kappa shape index (κ3) is 1.46. The van der Waals surface area contributed by atoms with Gasteiger partial charge in [-0.2, -0.15) is 10.4 Å². The first-order valence-corrected chi connectivity index (χ1v) is 4.24. The summed E-state index contributed by atoms with van der Waals surface area (Å²) in [7, 11) is -1.59. The summed E-state index contributed by atoms with van der Waals surface area (Å²) in [6, 6.07) is 2.00. The van der Waals surface area contributed by atoms with E-state index in [0.29, 0.717) is 16.9 Å². The molecule has 2 aromatic rings. The highest BCUT2D eigenvalue weighted by atomic mass is 16.4. The van der Waals surface area contributed by atoms with Crippen LogP contribution in [0.4, 0.5) is 0 Å². The highest BCUT2D eigenvalue weighted by Crippen LogP contribution is 2.09. The van der Waals surface area contributed by atoms with Crippen molar-refractivity contribution in [3.63, 3.8) is 0 Å². The second kappa shape index (κ2) is 3.35. The van der Waals surface area contributed by atoms with Gasteiger partial charge >= 0.3 is 7.12 Å². The second-order valence-electron chi connectivity index (χ2n) is 3.10. The minimum atomic E-state index is -1.59. The third-order valence-corrected chi connectivity index (χ3v) is 2.08. The zero-order chi connectivity index (χ0) is 11.0. The predicted octanol–water partition coefficient (Wildman–Crippen LogP) is -1.41. The zero-order valence-electron chi connectivity index (χ0n) is 7.92. The van der Waals surface area contributed by atoms with E-state index in [-0.39, 0.29) is 5.46 Å². The molecule has 2 N–H and O–H groups in total. The van der Waals surface area contributed by atoms with Gasteiger partial charge in [0.15, 0.2) is 5.65 Å². The highest BCUT2D eigenvalue weighted by molar-refractivity contribution is 6.58. The largest absolute Gasteiger partial charge is 0.491 e. The smallest absolute Gasteiger partial charge is 0.423 e. The van der Waals surface area contributed by atoms with Gasteiger partial charge in [-0.15, -0.1) is 0 Å². The summed E-state index contributed by atoms with van der Waals surface area (Å²) in [5, 5.41) is 30.7. The Bertz CT molecular complexity index is 558. The Kier molecular flexibility index (Phi) is 2.15. The Hall–Kier alpha value is -1.91. The van der Waals surface area contributed by atoms with E-state index < -0.39 is 7.12 Å². The Morgan fingerprint density at radius 2 is 2.27 bits per heavy atom. The van der Waals surface area contributed by atoms with E-state index in [2.05, 4.69) is 10.1 Å². The normalized spacial score (nSPS) is 10.3. The summed E-state index contributed by atoms with van der Waals surface area (Å²) < 4.78 is 1.36. The number of aryl methyl sites for hydroxylation is 1. The quantitative estimate of drug-likeness (QED) is 0.554. The van der Waals surface area contributed by atoms with Crippen molar-refractivity contribution in [3.05, 3.63) is 23.7 Å². The van der Waals surface area contributed by atoms with Crippen LogP contribution in [0.25, 0.3) is 5.65 Å². The van der Waals surface area contributed by atoms with E-state index >= 15 is 0 Å². The van der Waals surface area contributed by atoms with Crippen molar-refractivity contribution in [2.75, 3.05) is 0 Å². The molecule has 0 atom stereocenters. The topological polar surface area (TPSA) is 94.4 Å². The number of rotatable bonds is 1. The summed E-state index contributed by atoms with van der Waals surface area (Å²) >= 11 is 0. The molecule has 0 spiro atoms. The number of nitriles is 1. The molecule has 0 bridgehead atoms. The Morgan fingerprint density at radius 1 is 1.53 bits per heavy atom. The second-order valence-corrected chi connectivity index (χ2v) is 3.10. The van der Waals surface area contributed by atoms with Crippen molar-refractivity contribution in [3.8, 4) is 6.07 Å². The summed E-state index contributed by atoms with van der Waals surface area (Å²) in [6.45, 7) is 1.70. The van der Waals surface area contributed by atoms with Gasteiger partial charge in [-0.1, -0.05) is 0 Å². The predicted molar refractivity (Wildman–Crippen MR) is 52.3 cm³/mol. The molecule has 2 rings (SSSR count). The molecule has 0 amide bonds. The van der Waals surface area contributed by atoms with Crippen molar-refractivity contribution >= 4 is 18.2 Å². The fourth-order valence-corrected chi connectivity index (χ4v) is 1.32. The lowest BCUT2D eigenvalue weighted by molar-refractivity contribution is 0.425. The van der Waals surface area contributed by atoms with Crippen molar-refractivity contribution in [2.45, 2.75) is 6.92 Å². The molecule has 0 aromatic carbocycles. The number of hydrogen-bond acceptors (Lipinski definition) is 5. The van der Waals surface area contributed by atoms with Crippen molar-refractivity contribution in [1.29, 1.82) is 5.26 Å². The maximum Gasteiger partial charge on any atom is 0.491 e. The van der Waals surface area contributed by atoms with Gasteiger partial charge in [0.05, 0.1) is 5.69 Å². The SMILES string of the molecule is Cc1nn2cc(B(O)O)cnc2c1C#N. The zero-order valence-corrected chi connectivity index (χ0v) is 7.92. The Balaban J connectivity index is 2.71. The van der Waals surface area contributed by atoms with Crippen molar-refractivity contribution < 1.29 is 10.0 Å². The highest BCUT2D eigenvalue weighted by Gasteiger charge is 2.15. The fraction of sp³-hybridized carbons (Fsp3) is 0.125. The fourth-order valence-electron chi connectivity index (χ4n) is 1.32. The van der Waals surface area contributed by atoms with Gasteiger partial charge in [-0.25, -0.2) is 9.50 Å². The first-order chi connectivity index (χ1) is 7.13. The van der Waals surface area contributed by atoms with E-state index in [4.69, 9.17) is 15.3 Å². The van der Waals surface area contributed by atoms with Gasteiger partial charge in [0, 0.05) is 17.9 Å². The maximum absolute atomic E-state index is 8.93. The van der Waals surface area contributed by atoms with E-state index in [1.54, 1.807) is 6.92 Å². The molecule has 0 radical (unpaired) electrons. The van der Waals surface area contributed by atoms with Crippen molar-refractivity contribution in [1.82, 2.24) is 14.6 Å². The van der Waals surface area contributed by atoms with E-state index in [1.807, 2.05) is 6.07 Å². The molecule has 7 heteroatoms. The standard InChI is InChI=1S/C8H7BN4O2/c1-5-7(2-10)8-11-3-6(9(14)15)4-13(8)12-5/h3-4,14-15H,1H3. The van der Waals surface area contributed by atoms with E-state index in [9.17, 15) is 0 Å². The molecule has 15 heavy (non-hydrogen) atoms. The maximum atomic E-state index is 8.93. The first kappa shape index (κ1) is 9.64. The molecule has 2 heterocycles. The van der Waals surface area contributed by atoms with Crippen LogP contribution in [0.1, 0.15) is 11.3 Å². The summed E-state index contributed by atoms with van der Waals surface area (Å²) in [5.74, 6) is 0. The Morgan fingerprint density at radius 3 is 2.87 bits per heavy atom. The lowest BCUT2D eigenvalue weighted by Gasteiger charge is -1.98. The minimum Gasteiger partial charge on any atom is -0.423 e. The molecule has 0 aliphatic rings. The number of fused-ring (bicyclic) bond motifs is 1. The van der Waals surface area contributed by atoms with Crippen molar-refractivity contribution in [2.24, 2.45) is 0 Å². The van der Waals surface area contributed by atoms with Crippen LogP contribution >= 0.6 is 0 Å². The monoisotopic (exact) mass is 202 g/mol. The molecule has 74 valence electrons. The van der Waals surface area contributed by atoms with Crippen LogP contribution in [0.3, 0.4) is 0 Å². The molecule has 0 aliphatic heterocycles. The molecule has 0 saturated carbocycles. The molecule has 0 fully saturated rings. The van der Waals surface area contributed by atoms with Crippen LogP contribution in [0.15, 0.2) is 12.4 Å². The van der Waals surface area contributed by atoms with Gasteiger partial charge < -0.3 is 10.0 Å². The van der Waals surface area contributed by atoms with Crippen LogP contribution in [0.2, 0.25) is 0 Å². The minimum absolute atomic E-state index is 0.231. The van der Waals surface area contributed by atoms with E-state index in [0.717, 1.165) is 0 Å². The summed E-state index contributed by atoms with van der Waals surface area (Å²) in [5.41, 5.74) is 1.61. The van der Waals surface area contributed by atoms with Crippen LogP contribution in [-0.2, 0) is 0 Å². The number of aromatic nitrogens is 3. The first-order valence-electron chi connectivity index (χ1n) is 4.24. The average molecular weight is 202 g/mol. The summed E-state index contributed by atoms with van der Waals surface area (Å²) in [4.78, 5) is 3.95. The summed E-state index contributed by atoms with van der Waals surface area (Å²) in [6.07, 6.45) is 2.74. The lowest BCUT2D eigenvalue weighted by atomic mass is 9.83. The van der Waals surface area contributed by atoms with Gasteiger partial charge in [-0.3, -0.25) is 0 Å². The lowest BCUT2D eigenvalue weighted by Crippen LogP contribution is -2.31. The van der Waals surface area contributed by atoms with Crippen LogP contribution in [0, 0.1) is 18.3 Å². The molecule has 0 unspecified atom stereocenters. The van der Waals surface area contributed by atoms with E-state index in [1.165, 1.54) is 16.9 Å². The third-order valence-electron chi connectivity index (χ3n) is 2.08. The molecule has 2 aromatic heterocycles. The number of hydrogen-bond donors (Lipinski definition) is 2. The van der Waals surface area contributed by atoms with Gasteiger partial charge in [0.2, 0.25) is 0 Å². The van der Waals surface area contributed by atoms with Gasteiger partial charge in [0.1, 0.15) is 11.6 Å². The van der Waals surface area contributed by atoms with Gasteiger partial charge in [0.25, 0.3) is 0 Å².